The van der Waals surface area contributed by atoms with Crippen molar-refractivity contribution in [3.05, 3.63) is 33.8 Å². The lowest BCUT2D eigenvalue weighted by Crippen LogP contribution is -2.56. The van der Waals surface area contributed by atoms with E-state index in [1.165, 1.54) is 12.8 Å². The quantitative estimate of drug-likeness (QED) is 0.884. The van der Waals surface area contributed by atoms with E-state index in [1.54, 1.807) is 6.07 Å². The van der Waals surface area contributed by atoms with E-state index in [0.29, 0.717) is 16.5 Å². The van der Waals surface area contributed by atoms with Gasteiger partial charge in [0.15, 0.2) is 0 Å². The van der Waals surface area contributed by atoms with Gasteiger partial charge in [-0.3, -0.25) is 0 Å². The largest absolute Gasteiger partial charge is 0.391 e. The molecule has 1 N–H and O–H groups in total. The van der Waals surface area contributed by atoms with Crippen LogP contribution in [-0.4, -0.2) is 35.7 Å². The zero-order chi connectivity index (χ0) is 15.6. The van der Waals surface area contributed by atoms with Gasteiger partial charge in [0, 0.05) is 22.0 Å². The molecule has 1 aliphatic rings. The standard InChI is InChI=1S/C17H25Cl2NO/c1-12-6-8-17(9-7-12,20(2)3)16(21)10-13-4-5-14(18)11-15(13)19/h4-5,11-12,16,21H,6-10H2,1-3H3. The fourth-order valence-corrected chi connectivity index (χ4v) is 3.91. The summed E-state index contributed by atoms with van der Waals surface area (Å²) in [6, 6.07) is 5.50. The second kappa shape index (κ2) is 6.87. The topological polar surface area (TPSA) is 23.5 Å². The highest BCUT2D eigenvalue weighted by Crippen LogP contribution is 2.39. The van der Waals surface area contributed by atoms with Crippen LogP contribution in [0.2, 0.25) is 10.0 Å². The van der Waals surface area contributed by atoms with Gasteiger partial charge in [-0.15, -0.1) is 0 Å². The summed E-state index contributed by atoms with van der Waals surface area (Å²) in [5.74, 6) is 0.754. The molecule has 2 nitrogen and oxygen atoms in total. The normalized spacial score (nSPS) is 27.9. The average Bonchev–Trinajstić information content (AvgIpc) is 2.42. The van der Waals surface area contributed by atoms with Gasteiger partial charge in [0.1, 0.15) is 0 Å². The molecule has 1 atom stereocenters. The molecule has 0 saturated heterocycles. The van der Waals surface area contributed by atoms with Gasteiger partial charge in [-0.1, -0.05) is 36.2 Å². The Balaban J connectivity index is 2.17. The Bertz CT molecular complexity index is 482. The van der Waals surface area contributed by atoms with Gasteiger partial charge >= 0.3 is 0 Å². The summed E-state index contributed by atoms with van der Waals surface area (Å²) in [6.07, 6.45) is 4.57. The summed E-state index contributed by atoms with van der Waals surface area (Å²) in [6.45, 7) is 2.29. The second-order valence-corrected chi connectivity index (χ2v) is 7.48. The molecule has 4 heteroatoms. The zero-order valence-corrected chi connectivity index (χ0v) is 14.6. The first-order valence-electron chi connectivity index (χ1n) is 7.64. The van der Waals surface area contributed by atoms with Crippen LogP contribution in [0.4, 0.5) is 0 Å². The molecule has 1 aromatic rings. The Labute approximate surface area is 138 Å². The van der Waals surface area contributed by atoms with E-state index in [1.807, 2.05) is 12.1 Å². The third-order valence-electron chi connectivity index (χ3n) is 5.08. The predicted molar refractivity (Wildman–Crippen MR) is 90.2 cm³/mol. The Hall–Kier alpha value is -0.280. The lowest BCUT2D eigenvalue weighted by Gasteiger charge is -2.48. The first-order valence-corrected chi connectivity index (χ1v) is 8.40. The fourth-order valence-electron chi connectivity index (χ4n) is 3.43. The number of hydrogen-bond acceptors (Lipinski definition) is 2. The van der Waals surface area contributed by atoms with Crippen LogP contribution < -0.4 is 0 Å². The molecule has 0 heterocycles. The minimum Gasteiger partial charge on any atom is -0.391 e. The molecular weight excluding hydrogens is 305 g/mol. The summed E-state index contributed by atoms with van der Waals surface area (Å²) in [4.78, 5) is 2.20. The minimum absolute atomic E-state index is 0.143. The van der Waals surface area contributed by atoms with E-state index in [0.717, 1.165) is 24.3 Å². The van der Waals surface area contributed by atoms with E-state index >= 15 is 0 Å². The maximum absolute atomic E-state index is 10.9. The van der Waals surface area contributed by atoms with Gasteiger partial charge in [0.2, 0.25) is 0 Å². The number of benzene rings is 1. The van der Waals surface area contributed by atoms with Gasteiger partial charge in [0.25, 0.3) is 0 Å². The van der Waals surface area contributed by atoms with Crippen LogP contribution in [0.25, 0.3) is 0 Å². The Morgan fingerprint density at radius 3 is 2.43 bits per heavy atom. The molecule has 0 bridgehead atoms. The third-order valence-corrected chi connectivity index (χ3v) is 5.67. The maximum atomic E-state index is 10.9. The number of aliphatic hydroxyl groups excluding tert-OH is 1. The molecule has 21 heavy (non-hydrogen) atoms. The average molecular weight is 330 g/mol. The van der Waals surface area contributed by atoms with Gasteiger partial charge in [-0.05, 0) is 63.4 Å². The molecule has 0 aliphatic heterocycles. The number of nitrogens with zero attached hydrogens (tertiary/aromatic N) is 1. The van der Waals surface area contributed by atoms with Crippen LogP contribution in [0.5, 0.6) is 0 Å². The number of rotatable bonds is 4. The van der Waals surface area contributed by atoms with Crippen molar-refractivity contribution in [3.8, 4) is 0 Å². The molecular formula is C17H25Cl2NO. The second-order valence-electron chi connectivity index (χ2n) is 6.64. The predicted octanol–water partition coefficient (Wildman–Crippen LogP) is 4.41. The highest BCUT2D eigenvalue weighted by Gasteiger charge is 2.42. The Morgan fingerprint density at radius 1 is 1.29 bits per heavy atom. The van der Waals surface area contributed by atoms with Crippen LogP contribution in [0.3, 0.4) is 0 Å². The van der Waals surface area contributed by atoms with E-state index in [2.05, 4.69) is 25.9 Å². The number of halogens is 2. The van der Waals surface area contributed by atoms with Gasteiger partial charge in [0.05, 0.1) is 6.10 Å². The first kappa shape index (κ1) is 17.1. The minimum atomic E-state index is -0.418. The van der Waals surface area contributed by atoms with Crippen molar-refractivity contribution in [1.82, 2.24) is 4.90 Å². The molecule has 0 spiro atoms. The summed E-state index contributed by atoms with van der Waals surface area (Å²) in [5, 5.41) is 12.2. The number of likely N-dealkylation sites (N-methyl/N-ethyl adjacent to an activating group) is 1. The molecule has 1 unspecified atom stereocenters. The van der Waals surface area contributed by atoms with Crippen molar-refractivity contribution in [2.24, 2.45) is 5.92 Å². The zero-order valence-electron chi connectivity index (χ0n) is 13.1. The van der Waals surface area contributed by atoms with Crippen molar-refractivity contribution >= 4 is 23.2 Å². The first-order chi connectivity index (χ1) is 9.85. The molecule has 0 amide bonds. The Kier molecular flexibility index (Phi) is 5.59. The molecule has 118 valence electrons. The van der Waals surface area contributed by atoms with Crippen LogP contribution in [-0.2, 0) is 6.42 Å². The SMILES string of the molecule is CC1CCC(C(O)Cc2ccc(Cl)cc2Cl)(N(C)C)CC1. The Morgan fingerprint density at radius 2 is 1.90 bits per heavy atom. The van der Waals surface area contributed by atoms with Gasteiger partial charge < -0.3 is 10.0 Å². The molecule has 1 fully saturated rings. The van der Waals surface area contributed by atoms with Crippen LogP contribution in [0.1, 0.15) is 38.2 Å². The molecule has 1 aliphatic carbocycles. The van der Waals surface area contributed by atoms with E-state index in [-0.39, 0.29) is 5.54 Å². The third kappa shape index (κ3) is 3.73. The van der Waals surface area contributed by atoms with Gasteiger partial charge in [-0.2, -0.15) is 0 Å². The van der Waals surface area contributed by atoms with Crippen LogP contribution in [0.15, 0.2) is 18.2 Å². The molecule has 0 aromatic heterocycles. The summed E-state index contributed by atoms with van der Waals surface area (Å²) in [7, 11) is 4.14. The monoisotopic (exact) mass is 329 g/mol. The van der Waals surface area contributed by atoms with Crippen molar-refractivity contribution in [1.29, 1.82) is 0 Å². The molecule has 2 rings (SSSR count). The highest BCUT2D eigenvalue weighted by molar-refractivity contribution is 6.35. The van der Waals surface area contributed by atoms with Crippen molar-refractivity contribution in [2.45, 2.75) is 50.7 Å². The van der Waals surface area contributed by atoms with Crippen LogP contribution in [0, 0.1) is 5.92 Å². The van der Waals surface area contributed by atoms with Crippen molar-refractivity contribution < 1.29 is 5.11 Å². The number of aliphatic hydroxyl groups is 1. The highest BCUT2D eigenvalue weighted by atomic mass is 35.5. The van der Waals surface area contributed by atoms with Gasteiger partial charge in [-0.25, -0.2) is 0 Å². The molecule has 0 radical (unpaired) electrons. The smallest absolute Gasteiger partial charge is 0.0764 e. The maximum Gasteiger partial charge on any atom is 0.0764 e. The fraction of sp³-hybridized carbons (Fsp3) is 0.647. The van der Waals surface area contributed by atoms with Crippen molar-refractivity contribution in [2.75, 3.05) is 14.1 Å². The summed E-state index contributed by atoms with van der Waals surface area (Å²) >= 11 is 12.2. The van der Waals surface area contributed by atoms with E-state index in [4.69, 9.17) is 23.2 Å². The van der Waals surface area contributed by atoms with E-state index in [9.17, 15) is 5.11 Å². The summed E-state index contributed by atoms with van der Waals surface area (Å²) in [5.41, 5.74) is 0.823. The lowest BCUT2D eigenvalue weighted by atomic mass is 9.72. The van der Waals surface area contributed by atoms with E-state index < -0.39 is 6.10 Å². The lowest BCUT2D eigenvalue weighted by molar-refractivity contribution is -0.0382. The van der Waals surface area contributed by atoms with Crippen LogP contribution >= 0.6 is 23.2 Å². The molecule has 1 aromatic carbocycles. The summed E-state index contributed by atoms with van der Waals surface area (Å²) < 4.78 is 0. The van der Waals surface area contributed by atoms with Crippen molar-refractivity contribution in [3.63, 3.8) is 0 Å². The molecule has 1 saturated carbocycles. The number of hydrogen-bond donors (Lipinski definition) is 1.